The summed E-state index contributed by atoms with van der Waals surface area (Å²) in [6, 6.07) is 5.48. The van der Waals surface area contributed by atoms with E-state index in [1.54, 1.807) is 6.07 Å². The summed E-state index contributed by atoms with van der Waals surface area (Å²) < 4.78 is 21.4. The van der Waals surface area contributed by atoms with Crippen LogP contribution in [0.1, 0.15) is 24.0 Å². The summed E-state index contributed by atoms with van der Waals surface area (Å²) in [5.74, 6) is 0. The zero-order valence-corrected chi connectivity index (χ0v) is 8.22. The molecule has 0 atom stereocenters. The molecule has 0 N–H and O–H groups in total. The second kappa shape index (κ2) is 3.50. The van der Waals surface area contributed by atoms with Gasteiger partial charge in [-0.1, -0.05) is 6.07 Å². The van der Waals surface area contributed by atoms with Crippen molar-refractivity contribution in [3.05, 3.63) is 29.3 Å². The second-order valence-electron chi connectivity index (χ2n) is 3.42. The number of aryl methyl sites for hydroxylation is 2. The number of hydrogen-bond acceptors (Lipinski definition) is 2. The molecule has 0 amide bonds. The molecule has 1 aromatic carbocycles. The van der Waals surface area contributed by atoms with E-state index in [1.165, 1.54) is 24.0 Å². The third kappa shape index (κ3) is 1.75. The largest absolute Gasteiger partial charge is 0.227 e. The van der Waals surface area contributed by atoms with Gasteiger partial charge in [-0.05, 0) is 48.9 Å². The smallest absolute Gasteiger partial charge is 0.168 e. The summed E-state index contributed by atoms with van der Waals surface area (Å²) in [4.78, 5) is 0.454. The van der Waals surface area contributed by atoms with Crippen LogP contribution < -0.4 is 0 Å². The fourth-order valence-electron chi connectivity index (χ4n) is 1.83. The molecule has 0 unspecified atom stereocenters. The van der Waals surface area contributed by atoms with Gasteiger partial charge in [-0.2, -0.15) is 0 Å². The summed E-state index contributed by atoms with van der Waals surface area (Å²) in [5, 5.41) is 0. The van der Waals surface area contributed by atoms with Crippen molar-refractivity contribution in [2.45, 2.75) is 30.6 Å². The lowest BCUT2D eigenvalue weighted by molar-refractivity contribution is 0.613. The molecule has 1 aliphatic carbocycles. The molecule has 2 rings (SSSR count). The first-order chi connectivity index (χ1) is 6.27. The number of benzene rings is 1. The average molecular weight is 196 g/mol. The van der Waals surface area contributed by atoms with Crippen LogP contribution in [0.2, 0.25) is 0 Å². The van der Waals surface area contributed by atoms with Gasteiger partial charge in [0.05, 0.1) is 4.90 Å². The Hall–Kier alpha value is -0.830. The van der Waals surface area contributed by atoms with Gasteiger partial charge in [0.25, 0.3) is 0 Å². The molecule has 0 saturated carbocycles. The Labute approximate surface area is 79.5 Å². The molecule has 0 saturated heterocycles. The Kier molecular flexibility index (Phi) is 2.36. The molecule has 0 fully saturated rings. The molecule has 0 bridgehead atoms. The lowest BCUT2D eigenvalue weighted by atomic mass is 9.92. The maximum atomic E-state index is 10.7. The first-order valence-electron chi connectivity index (χ1n) is 4.53. The van der Waals surface area contributed by atoms with Crippen LogP contribution in [0.4, 0.5) is 0 Å². The van der Waals surface area contributed by atoms with Crippen LogP contribution in [0.3, 0.4) is 0 Å². The molecular weight excluding hydrogens is 184 g/mol. The molecule has 0 aliphatic heterocycles. The summed E-state index contributed by atoms with van der Waals surface area (Å²) >= 11 is 0. The molecule has 0 heterocycles. The number of rotatable bonds is 1. The SMILES string of the molecule is O=[SH](=O)c1ccc2c(c1)CCCC2. The molecule has 1 aromatic rings. The average Bonchev–Trinajstić information content (AvgIpc) is 2.17. The van der Waals surface area contributed by atoms with Crippen molar-refractivity contribution in [2.75, 3.05) is 0 Å². The van der Waals surface area contributed by atoms with Gasteiger partial charge in [-0.15, -0.1) is 0 Å². The highest BCUT2D eigenvalue weighted by Crippen LogP contribution is 2.22. The topological polar surface area (TPSA) is 34.1 Å². The molecule has 0 radical (unpaired) electrons. The van der Waals surface area contributed by atoms with Gasteiger partial charge in [-0.25, -0.2) is 8.42 Å². The Morgan fingerprint density at radius 2 is 1.69 bits per heavy atom. The van der Waals surface area contributed by atoms with Crippen molar-refractivity contribution >= 4 is 10.7 Å². The Balaban J connectivity index is 2.46. The predicted molar refractivity (Wildman–Crippen MR) is 51.7 cm³/mol. The van der Waals surface area contributed by atoms with E-state index >= 15 is 0 Å². The molecule has 13 heavy (non-hydrogen) atoms. The van der Waals surface area contributed by atoms with E-state index in [4.69, 9.17) is 0 Å². The summed E-state index contributed by atoms with van der Waals surface area (Å²) in [5.41, 5.74) is 2.55. The standard InChI is InChI=1S/C10H12O2S/c11-13(12)10-6-5-8-3-1-2-4-9(8)7-10/h5-7,13H,1-4H2. The lowest BCUT2D eigenvalue weighted by Gasteiger charge is -2.15. The van der Waals surface area contributed by atoms with Gasteiger partial charge in [0, 0.05) is 0 Å². The van der Waals surface area contributed by atoms with E-state index in [0.29, 0.717) is 4.90 Å². The van der Waals surface area contributed by atoms with Gasteiger partial charge < -0.3 is 0 Å². The summed E-state index contributed by atoms with van der Waals surface area (Å²) in [6.07, 6.45) is 4.56. The quantitative estimate of drug-likeness (QED) is 0.691. The molecule has 2 nitrogen and oxygen atoms in total. The maximum absolute atomic E-state index is 10.7. The van der Waals surface area contributed by atoms with Crippen molar-refractivity contribution in [2.24, 2.45) is 0 Å². The lowest BCUT2D eigenvalue weighted by Crippen LogP contribution is -2.02. The maximum Gasteiger partial charge on any atom is 0.168 e. The predicted octanol–water partition coefficient (Wildman–Crippen LogP) is 1.54. The summed E-state index contributed by atoms with van der Waals surface area (Å²) in [6.45, 7) is 0. The third-order valence-corrected chi connectivity index (χ3v) is 3.24. The highest BCUT2D eigenvalue weighted by molar-refractivity contribution is 7.72. The minimum Gasteiger partial charge on any atom is -0.227 e. The normalized spacial score (nSPS) is 15.8. The van der Waals surface area contributed by atoms with E-state index in [2.05, 4.69) is 0 Å². The van der Waals surface area contributed by atoms with Crippen LogP contribution in [-0.4, -0.2) is 8.42 Å². The van der Waals surface area contributed by atoms with E-state index in [-0.39, 0.29) is 0 Å². The van der Waals surface area contributed by atoms with E-state index in [0.717, 1.165) is 12.8 Å². The Morgan fingerprint density at radius 3 is 2.38 bits per heavy atom. The third-order valence-electron chi connectivity index (χ3n) is 2.54. The Morgan fingerprint density at radius 1 is 1.00 bits per heavy atom. The van der Waals surface area contributed by atoms with Crippen molar-refractivity contribution in [1.82, 2.24) is 0 Å². The monoisotopic (exact) mass is 196 g/mol. The minimum atomic E-state index is -2.41. The molecule has 0 spiro atoms. The van der Waals surface area contributed by atoms with Crippen LogP contribution in [-0.2, 0) is 23.5 Å². The second-order valence-corrected chi connectivity index (χ2v) is 4.45. The van der Waals surface area contributed by atoms with Gasteiger partial charge in [-0.3, -0.25) is 0 Å². The molecule has 1 aliphatic rings. The van der Waals surface area contributed by atoms with Crippen LogP contribution in [0.5, 0.6) is 0 Å². The fraction of sp³-hybridized carbons (Fsp3) is 0.400. The van der Waals surface area contributed by atoms with Crippen LogP contribution in [0.15, 0.2) is 23.1 Å². The van der Waals surface area contributed by atoms with Crippen LogP contribution in [0, 0.1) is 0 Å². The number of thiol groups is 1. The molecule has 0 aromatic heterocycles. The molecule has 70 valence electrons. The fourth-order valence-corrected chi connectivity index (χ4v) is 2.29. The van der Waals surface area contributed by atoms with Crippen molar-refractivity contribution in [3.8, 4) is 0 Å². The van der Waals surface area contributed by atoms with Crippen LogP contribution in [0.25, 0.3) is 0 Å². The molecule has 3 heteroatoms. The molecular formula is C10H12O2S. The first kappa shape index (κ1) is 8.75. The summed E-state index contributed by atoms with van der Waals surface area (Å²) in [7, 11) is -2.41. The zero-order chi connectivity index (χ0) is 9.26. The van der Waals surface area contributed by atoms with E-state index in [9.17, 15) is 8.42 Å². The van der Waals surface area contributed by atoms with E-state index in [1.807, 2.05) is 12.1 Å². The Bertz CT molecular complexity index is 386. The van der Waals surface area contributed by atoms with Gasteiger partial charge in [0.1, 0.15) is 0 Å². The highest BCUT2D eigenvalue weighted by Gasteiger charge is 2.09. The zero-order valence-electron chi connectivity index (χ0n) is 7.32. The van der Waals surface area contributed by atoms with E-state index < -0.39 is 10.7 Å². The number of hydrogen-bond donors (Lipinski definition) is 1. The van der Waals surface area contributed by atoms with Gasteiger partial charge in [0.2, 0.25) is 0 Å². The van der Waals surface area contributed by atoms with Crippen molar-refractivity contribution in [1.29, 1.82) is 0 Å². The first-order valence-corrected chi connectivity index (χ1v) is 5.71. The van der Waals surface area contributed by atoms with Crippen molar-refractivity contribution in [3.63, 3.8) is 0 Å². The van der Waals surface area contributed by atoms with Crippen molar-refractivity contribution < 1.29 is 8.42 Å². The highest BCUT2D eigenvalue weighted by atomic mass is 32.2. The number of fused-ring (bicyclic) bond motifs is 1. The van der Waals surface area contributed by atoms with Gasteiger partial charge in [0.15, 0.2) is 10.7 Å². The minimum absolute atomic E-state index is 0.454. The van der Waals surface area contributed by atoms with Gasteiger partial charge >= 0.3 is 0 Å². The van der Waals surface area contributed by atoms with Crippen LogP contribution >= 0.6 is 0 Å².